The van der Waals surface area contributed by atoms with Crippen molar-refractivity contribution in [1.82, 2.24) is 25.9 Å². The molecule has 0 aliphatic rings. The zero-order valence-corrected chi connectivity index (χ0v) is 25.8. The van der Waals surface area contributed by atoms with Crippen molar-refractivity contribution in [2.24, 2.45) is 5.73 Å². The smallest absolute Gasteiger partial charge is 0.326 e. The molecule has 238 valence electrons. The molecule has 0 aliphatic heterocycles. The molecule has 2 heterocycles. The van der Waals surface area contributed by atoms with Crippen molar-refractivity contribution in [3.63, 3.8) is 0 Å². The molecule has 12 heteroatoms. The highest BCUT2D eigenvalue weighted by atomic mass is 32.1. The van der Waals surface area contributed by atoms with Gasteiger partial charge in [-0.25, -0.2) is 4.79 Å². The van der Waals surface area contributed by atoms with E-state index in [2.05, 4.69) is 38.5 Å². The second-order valence-electron chi connectivity index (χ2n) is 11.1. The van der Waals surface area contributed by atoms with Gasteiger partial charge in [-0.15, -0.1) is 0 Å². The molecule has 0 radical (unpaired) electrons. The van der Waals surface area contributed by atoms with Gasteiger partial charge >= 0.3 is 5.97 Å². The molecule has 0 saturated heterocycles. The Balaban J connectivity index is 1.33. The summed E-state index contributed by atoms with van der Waals surface area (Å²) in [7, 11) is 0. The van der Waals surface area contributed by atoms with Crippen LogP contribution in [0, 0.1) is 0 Å². The van der Waals surface area contributed by atoms with Gasteiger partial charge in [0.25, 0.3) is 0 Å². The van der Waals surface area contributed by atoms with E-state index in [0.29, 0.717) is 0 Å². The number of amides is 3. The van der Waals surface area contributed by atoms with Gasteiger partial charge in [0.1, 0.15) is 18.1 Å². The largest absolute Gasteiger partial charge is 0.480 e. The first-order chi connectivity index (χ1) is 22.2. The lowest BCUT2D eigenvalue weighted by molar-refractivity contribution is -0.142. The minimum absolute atomic E-state index is 0.0213. The van der Waals surface area contributed by atoms with Crippen LogP contribution in [0.2, 0.25) is 0 Å². The predicted octanol–water partition coefficient (Wildman–Crippen LogP) is 2.47. The number of rotatable bonds is 14. The van der Waals surface area contributed by atoms with E-state index in [0.717, 1.165) is 38.5 Å². The molecule has 0 fully saturated rings. The number of fused-ring (bicyclic) bond motifs is 2. The number of hydrogen-bond donors (Lipinski definition) is 8. The summed E-state index contributed by atoms with van der Waals surface area (Å²) in [6.07, 6.45) is 3.82. The van der Waals surface area contributed by atoms with Gasteiger partial charge in [0.15, 0.2) is 0 Å². The Bertz CT molecular complexity index is 1840. The summed E-state index contributed by atoms with van der Waals surface area (Å²) < 4.78 is 0. The summed E-state index contributed by atoms with van der Waals surface area (Å²) in [4.78, 5) is 58.8. The van der Waals surface area contributed by atoms with E-state index in [-0.39, 0.29) is 25.0 Å². The number of thiol groups is 1. The van der Waals surface area contributed by atoms with Gasteiger partial charge in [0, 0.05) is 52.8 Å². The minimum Gasteiger partial charge on any atom is -0.480 e. The molecule has 46 heavy (non-hydrogen) atoms. The average Bonchev–Trinajstić information content (AvgIpc) is 3.67. The van der Waals surface area contributed by atoms with Crippen LogP contribution >= 0.6 is 12.6 Å². The van der Waals surface area contributed by atoms with E-state index in [9.17, 15) is 24.3 Å². The highest BCUT2D eigenvalue weighted by Crippen LogP contribution is 2.21. The standard InChI is InChI=1S/C34H36N6O5S/c35-25(14-20-8-2-1-3-9-20)31(41)40-30(19-46)33(43)38-28(15-21-17-36-26-12-6-4-10-23(21)26)32(42)39-29(34(44)45)16-22-18-37-27-13-7-5-11-24(22)27/h1-13,17-18,25,28-30,36-37,46H,14-16,19,35H2,(H,38,43)(H,39,42)(H,40,41)(H,44,45). The quantitative estimate of drug-likeness (QED) is 0.0863. The molecular weight excluding hydrogens is 604 g/mol. The van der Waals surface area contributed by atoms with Crippen LogP contribution in [0.25, 0.3) is 21.8 Å². The number of carbonyl (C=O) groups is 4. The number of H-pyrrole nitrogens is 2. The van der Waals surface area contributed by atoms with E-state index in [4.69, 9.17) is 5.73 Å². The van der Waals surface area contributed by atoms with Crippen LogP contribution in [0.5, 0.6) is 0 Å². The van der Waals surface area contributed by atoms with Crippen LogP contribution in [0.4, 0.5) is 0 Å². The maximum Gasteiger partial charge on any atom is 0.326 e. The molecule has 4 unspecified atom stereocenters. The van der Waals surface area contributed by atoms with Gasteiger partial charge < -0.3 is 36.8 Å². The third kappa shape index (κ3) is 7.76. The molecule has 0 aliphatic carbocycles. The zero-order chi connectivity index (χ0) is 32.6. The zero-order valence-electron chi connectivity index (χ0n) is 24.9. The Morgan fingerprint density at radius 2 is 1.13 bits per heavy atom. The van der Waals surface area contributed by atoms with Crippen molar-refractivity contribution in [1.29, 1.82) is 0 Å². The Morgan fingerprint density at radius 3 is 1.70 bits per heavy atom. The van der Waals surface area contributed by atoms with Gasteiger partial charge in [-0.05, 0) is 35.2 Å². The lowest BCUT2D eigenvalue weighted by atomic mass is 10.0. The fraction of sp³-hybridized carbons (Fsp3) is 0.235. The molecule has 3 amide bonds. The van der Waals surface area contributed by atoms with Crippen molar-refractivity contribution < 1.29 is 24.3 Å². The number of carboxylic acids is 1. The van der Waals surface area contributed by atoms with Crippen molar-refractivity contribution in [3.8, 4) is 0 Å². The molecule has 0 spiro atoms. The van der Waals surface area contributed by atoms with Crippen LogP contribution in [-0.2, 0) is 38.4 Å². The average molecular weight is 641 g/mol. The first-order valence-electron chi connectivity index (χ1n) is 14.9. The number of benzene rings is 3. The molecule has 8 N–H and O–H groups in total. The number of para-hydroxylation sites is 2. The molecule has 2 aromatic heterocycles. The summed E-state index contributed by atoms with van der Waals surface area (Å²) >= 11 is 4.27. The van der Waals surface area contributed by atoms with Gasteiger partial charge in [-0.1, -0.05) is 66.7 Å². The monoisotopic (exact) mass is 640 g/mol. The van der Waals surface area contributed by atoms with Crippen LogP contribution in [0.15, 0.2) is 91.3 Å². The summed E-state index contributed by atoms with van der Waals surface area (Å²) in [5.74, 6) is -3.16. The first kappa shape index (κ1) is 32.3. The Labute approximate surface area is 270 Å². The molecule has 5 rings (SSSR count). The minimum atomic E-state index is -1.27. The van der Waals surface area contributed by atoms with Crippen molar-refractivity contribution in [2.45, 2.75) is 43.4 Å². The second kappa shape index (κ2) is 14.8. The van der Waals surface area contributed by atoms with E-state index >= 15 is 0 Å². The Kier molecular flexibility index (Phi) is 10.4. The number of nitrogens with two attached hydrogens (primary N) is 1. The van der Waals surface area contributed by atoms with Gasteiger partial charge in [-0.3, -0.25) is 14.4 Å². The number of carbonyl (C=O) groups excluding carboxylic acids is 3. The first-order valence-corrected chi connectivity index (χ1v) is 15.5. The number of nitrogens with one attached hydrogen (secondary N) is 5. The SMILES string of the molecule is NC(Cc1ccccc1)C(=O)NC(CS)C(=O)NC(Cc1c[nH]c2ccccc12)C(=O)NC(Cc1c[nH]c2ccccc12)C(=O)O. The van der Waals surface area contributed by atoms with E-state index < -0.39 is 47.9 Å². The Hall–Kier alpha value is -5.07. The molecule has 5 aromatic rings. The highest BCUT2D eigenvalue weighted by molar-refractivity contribution is 7.80. The number of aromatic nitrogens is 2. The van der Waals surface area contributed by atoms with E-state index in [1.54, 1.807) is 12.4 Å². The Morgan fingerprint density at radius 1 is 0.652 bits per heavy atom. The van der Waals surface area contributed by atoms with Crippen molar-refractivity contribution in [3.05, 3.63) is 108 Å². The van der Waals surface area contributed by atoms with Gasteiger partial charge in [0.2, 0.25) is 17.7 Å². The number of aliphatic carboxylic acids is 1. The lowest BCUT2D eigenvalue weighted by Gasteiger charge is -2.24. The molecular formula is C34H36N6O5S. The molecule has 4 atom stereocenters. The number of carboxylic acid groups (broad SMARTS) is 1. The topological polar surface area (TPSA) is 182 Å². The normalized spacial score (nSPS) is 13.9. The summed E-state index contributed by atoms with van der Waals surface area (Å²) in [5.41, 5.74) is 10.2. The molecule has 11 nitrogen and oxygen atoms in total. The molecule has 0 bridgehead atoms. The third-order valence-corrected chi connectivity index (χ3v) is 8.26. The highest BCUT2D eigenvalue weighted by Gasteiger charge is 2.31. The van der Waals surface area contributed by atoms with Crippen molar-refractivity contribution in [2.75, 3.05) is 5.75 Å². The van der Waals surface area contributed by atoms with Crippen LogP contribution in [0.3, 0.4) is 0 Å². The fourth-order valence-corrected chi connectivity index (χ4v) is 5.69. The maximum atomic E-state index is 13.8. The maximum absolute atomic E-state index is 13.8. The van der Waals surface area contributed by atoms with Crippen LogP contribution in [-0.4, -0.2) is 68.7 Å². The summed E-state index contributed by atoms with van der Waals surface area (Å²) in [6.45, 7) is 0. The summed E-state index contributed by atoms with van der Waals surface area (Å²) in [6, 6.07) is 19.8. The lowest BCUT2D eigenvalue weighted by Crippen LogP contribution is -2.58. The van der Waals surface area contributed by atoms with Crippen molar-refractivity contribution >= 4 is 58.1 Å². The second-order valence-corrected chi connectivity index (χ2v) is 11.5. The number of hydrogen-bond acceptors (Lipinski definition) is 6. The van der Waals surface area contributed by atoms with Crippen LogP contribution in [0.1, 0.15) is 16.7 Å². The predicted molar refractivity (Wildman–Crippen MR) is 179 cm³/mol. The van der Waals surface area contributed by atoms with Gasteiger partial charge in [0.05, 0.1) is 6.04 Å². The third-order valence-electron chi connectivity index (χ3n) is 7.90. The summed E-state index contributed by atoms with van der Waals surface area (Å²) in [5, 5.41) is 19.7. The van der Waals surface area contributed by atoms with E-state index in [1.165, 1.54) is 0 Å². The fourth-order valence-electron chi connectivity index (χ4n) is 5.43. The van der Waals surface area contributed by atoms with Crippen LogP contribution < -0.4 is 21.7 Å². The van der Waals surface area contributed by atoms with E-state index in [1.807, 2.05) is 78.9 Å². The van der Waals surface area contributed by atoms with Gasteiger partial charge in [-0.2, -0.15) is 12.6 Å². The molecule has 0 saturated carbocycles. The number of aromatic amines is 2. The molecule has 3 aromatic carbocycles.